The third-order valence-electron chi connectivity index (χ3n) is 2.72. The van der Waals surface area contributed by atoms with Gasteiger partial charge in [-0.3, -0.25) is 9.78 Å². The SMILES string of the molecule is CCOc1cncc(C(=O)Nc2ccccc2OCC)c1. The number of nitrogens with one attached hydrogen (secondary N) is 1. The van der Waals surface area contributed by atoms with Crippen LogP contribution in [0.1, 0.15) is 24.2 Å². The second-order valence-electron chi connectivity index (χ2n) is 4.23. The molecule has 2 rings (SSSR count). The van der Waals surface area contributed by atoms with Gasteiger partial charge in [0.15, 0.2) is 0 Å². The van der Waals surface area contributed by atoms with Crippen LogP contribution in [-0.4, -0.2) is 24.1 Å². The molecule has 1 aromatic carbocycles. The Labute approximate surface area is 123 Å². The normalized spacial score (nSPS) is 10.0. The number of anilines is 1. The minimum atomic E-state index is -0.254. The van der Waals surface area contributed by atoms with Crippen LogP contribution in [0.15, 0.2) is 42.7 Å². The summed E-state index contributed by atoms with van der Waals surface area (Å²) in [4.78, 5) is 16.3. The first-order chi connectivity index (χ1) is 10.2. The number of benzene rings is 1. The number of ether oxygens (including phenoxy) is 2. The molecule has 0 saturated carbocycles. The Hall–Kier alpha value is -2.56. The van der Waals surface area contributed by atoms with Crippen LogP contribution in [-0.2, 0) is 0 Å². The molecule has 5 heteroatoms. The number of hydrogen-bond acceptors (Lipinski definition) is 4. The molecule has 0 fully saturated rings. The fourth-order valence-electron chi connectivity index (χ4n) is 1.83. The Morgan fingerprint density at radius 1 is 1.14 bits per heavy atom. The Morgan fingerprint density at radius 3 is 2.67 bits per heavy atom. The van der Waals surface area contributed by atoms with Crippen molar-refractivity contribution >= 4 is 11.6 Å². The summed E-state index contributed by atoms with van der Waals surface area (Å²) in [7, 11) is 0. The summed E-state index contributed by atoms with van der Waals surface area (Å²) in [6, 6.07) is 8.97. The van der Waals surface area contributed by atoms with E-state index >= 15 is 0 Å². The summed E-state index contributed by atoms with van der Waals surface area (Å²) in [6.07, 6.45) is 3.08. The van der Waals surface area contributed by atoms with Crippen molar-refractivity contribution in [2.24, 2.45) is 0 Å². The van der Waals surface area contributed by atoms with Crippen molar-refractivity contribution in [3.63, 3.8) is 0 Å². The number of hydrogen-bond donors (Lipinski definition) is 1. The highest BCUT2D eigenvalue weighted by Crippen LogP contribution is 2.24. The number of rotatable bonds is 6. The number of aromatic nitrogens is 1. The summed E-state index contributed by atoms with van der Waals surface area (Å²) in [6.45, 7) is 4.84. The summed E-state index contributed by atoms with van der Waals surface area (Å²) < 4.78 is 10.8. The quantitative estimate of drug-likeness (QED) is 0.886. The molecule has 1 heterocycles. The van der Waals surface area contributed by atoms with E-state index in [1.165, 1.54) is 6.20 Å². The lowest BCUT2D eigenvalue weighted by molar-refractivity contribution is 0.102. The van der Waals surface area contributed by atoms with Crippen LogP contribution < -0.4 is 14.8 Å². The number of carbonyl (C=O) groups is 1. The largest absolute Gasteiger partial charge is 0.492 e. The molecule has 0 unspecified atom stereocenters. The number of pyridine rings is 1. The van der Waals surface area contributed by atoms with E-state index in [-0.39, 0.29) is 5.91 Å². The van der Waals surface area contributed by atoms with Crippen molar-refractivity contribution in [2.45, 2.75) is 13.8 Å². The molecule has 0 aliphatic heterocycles. The van der Waals surface area contributed by atoms with E-state index in [1.54, 1.807) is 18.3 Å². The topological polar surface area (TPSA) is 60.5 Å². The van der Waals surface area contributed by atoms with E-state index in [4.69, 9.17) is 9.47 Å². The molecular formula is C16H18N2O3. The maximum atomic E-state index is 12.3. The second kappa shape index (κ2) is 7.28. The highest BCUT2D eigenvalue weighted by Gasteiger charge is 2.10. The molecule has 0 spiro atoms. The zero-order valence-electron chi connectivity index (χ0n) is 12.1. The molecule has 0 bridgehead atoms. The average molecular weight is 286 g/mol. The molecule has 0 saturated heterocycles. The highest BCUT2D eigenvalue weighted by atomic mass is 16.5. The lowest BCUT2D eigenvalue weighted by atomic mass is 10.2. The first-order valence-corrected chi connectivity index (χ1v) is 6.85. The number of nitrogens with zero attached hydrogens (tertiary/aromatic N) is 1. The molecule has 0 radical (unpaired) electrons. The maximum Gasteiger partial charge on any atom is 0.257 e. The van der Waals surface area contributed by atoms with Crippen LogP contribution in [0.4, 0.5) is 5.69 Å². The molecule has 5 nitrogen and oxygen atoms in total. The van der Waals surface area contributed by atoms with E-state index in [0.29, 0.717) is 36.0 Å². The summed E-state index contributed by atoms with van der Waals surface area (Å²) in [5.74, 6) is 0.960. The van der Waals surface area contributed by atoms with Crippen molar-refractivity contribution in [2.75, 3.05) is 18.5 Å². The van der Waals surface area contributed by atoms with Gasteiger partial charge in [0.2, 0.25) is 0 Å². The monoisotopic (exact) mass is 286 g/mol. The van der Waals surface area contributed by atoms with Gasteiger partial charge in [-0.25, -0.2) is 0 Å². The third kappa shape index (κ3) is 3.95. The van der Waals surface area contributed by atoms with Gasteiger partial charge in [0.25, 0.3) is 5.91 Å². The van der Waals surface area contributed by atoms with Crippen LogP contribution in [0, 0.1) is 0 Å². The standard InChI is InChI=1S/C16H18N2O3/c1-3-20-13-9-12(10-17-11-13)16(19)18-14-7-5-6-8-15(14)21-4-2/h5-11H,3-4H2,1-2H3,(H,18,19). The maximum absolute atomic E-state index is 12.3. The lowest BCUT2D eigenvalue weighted by Gasteiger charge is -2.11. The van der Waals surface area contributed by atoms with Crippen LogP contribution in [0.2, 0.25) is 0 Å². The predicted octanol–water partition coefficient (Wildman–Crippen LogP) is 3.13. The van der Waals surface area contributed by atoms with Gasteiger partial charge >= 0.3 is 0 Å². The molecule has 1 amide bonds. The van der Waals surface area contributed by atoms with Gasteiger partial charge in [-0.05, 0) is 32.0 Å². The van der Waals surface area contributed by atoms with E-state index in [0.717, 1.165) is 0 Å². The van der Waals surface area contributed by atoms with Gasteiger partial charge in [0.05, 0.1) is 30.7 Å². The minimum absolute atomic E-state index is 0.254. The van der Waals surface area contributed by atoms with E-state index in [1.807, 2.05) is 32.0 Å². The Bertz CT molecular complexity index is 614. The average Bonchev–Trinajstić information content (AvgIpc) is 2.50. The van der Waals surface area contributed by atoms with Crippen molar-refractivity contribution in [1.29, 1.82) is 0 Å². The summed E-state index contributed by atoms with van der Waals surface area (Å²) in [5.41, 5.74) is 1.07. The van der Waals surface area contributed by atoms with E-state index in [9.17, 15) is 4.79 Å². The molecule has 0 aliphatic rings. The molecule has 0 aliphatic carbocycles. The third-order valence-corrected chi connectivity index (χ3v) is 2.72. The van der Waals surface area contributed by atoms with Crippen LogP contribution >= 0.6 is 0 Å². The van der Waals surface area contributed by atoms with E-state index in [2.05, 4.69) is 10.3 Å². The van der Waals surface area contributed by atoms with Gasteiger partial charge in [0.1, 0.15) is 11.5 Å². The molecule has 110 valence electrons. The fourth-order valence-corrected chi connectivity index (χ4v) is 1.83. The van der Waals surface area contributed by atoms with Crippen molar-refractivity contribution in [3.05, 3.63) is 48.3 Å². The van der Waals surface area contributed by atoms with Crippen molar-refractivity contribution in [3.8, 4) is 11.5 Å². The number of carbonyl (C=O) groups excluding carboxylic acids is 1. The van der Waals surface area contributed by atoms with Crippen LogP contribution in [0.5, 0.6) is 11.5 Å². The molecular weight excluding hydrogens is 268 g/mol. The minimum Gasteiger partial charge on any atom is -0.492 e. The van der Waals surface area contributed by atoms with Gasteiger partial charge < -0.3 is 14.8 Å². The Morgan fingerprint density at radius 2 is 1.90 bits per heavy atom. The molecule has 2 aromatic rings. The van der Waals surface area contributed by atoms with Crippen molar-refractivity contribution in [1.82, 2.24) is 4.98 Å². The zero-order valence-corrected chi connectivity index (χ0v) is 12.1. The van der Waals surface area contributed by atoms with Crippen LogP contribution in [0.25, 0.3) is 0 Å². The van der Waals surface area contributed by atoms with Gasteiger partial charge in [-0.1, -0.05) is 12.1 Å². The molecule has 1 aromatic heterocycles. The fraction of sp³-hybridized carbons (Fsp3) is 0.250. The second-order valence-corrected chi connectivity index (χ2v) is 4.23. The van der Waals surface area contributed by atoms with Gasteiger partial charge in [-0.15, -0.1) is 0 Å². The first kappa shape index (κ1) is 14.8. The van der Waals surface area contributed by atoms with Crippen LogP contribution in [0.3, 0.4) is 0 Å². The lowest BCUT2D eigenvalue weighted by Crippen LogP contribution is -2.13. The molecule has 21 heavy (non-hydrogen) atoms. The van der Waals surface area contributed by atoms with E-state index < -0.39 is 0 Å². The predicted molar refractivity (Wildman–Crippen MR) is 81.0 cm³/mol. The highest BCUT2D eigenvalue weighted by molar-refractivity contribution is 6.05. The summed E-state index contributed by atoms with van der Waals surface area (Å²) in [5, 5.41) is 2.82. The zero-order chi connectivity index (χ0) is 15.1. The Balaban J connectivity index is 2.16. The first-order valence-electron chi connectivity index (χ1n) is 6.85. The molecule has 0 atom stereocenters. The van der Waals surface area contributed by atoms with Gasteiger partial charge in [0, 0.05) is 6.20 Å². The summed E-state index contributed by atoms with van der Waals surface area (Å²) >= 11 is 0. The number of amides is 1. The van der Waals surface area contributed by atoms with Crippen molar-refractivity contribution < 1.29 is 14.3 Å². The number of para-hydroxylation sites is 2. The molecule has 1 N–H and O–H groups in total. The van der Waals surface area contributed by atoms with Gasteiger partial charge in [-0.2, -0.15) is 0 Å². The smallest absolute Gasteiger partial charge is 0.257 e. The Kier molecular flexibility index (Phi) is 5.15.